The number of aryl methyl sites for hydroxylation is 2. The lowest BCUT2D eigenvalue weighted by molar-refractivity contribution is -0.132. The number of fused-ring (bicyclic) bond motifs is 1. The second-order valence-electron chi connectivity index (χ2n) is 5.46. The fraction of sp³-hybridized carbons (Fsp3) is 0.167. The number of rotatable bonds is 2. The molecular formula is C18H16N2O3. The predicted molar refractivity (Wildman–Crippen MR) is 87.4 cm³/mol. The molecule has 3 aromatic rings. The maximum atomic E-state index is 11.0. The standard InChI is InChI=1S/C18H16N2O3/c1-10-6-14-15(7-11(10)2)20-16(9-19-14)13-4-5-18(17(22)8-13)23-12(3)21/h4-9,22H,1-3H3. The van der Waals surface area contributed by atoms with Crippen LogP contribution in [0.5, 0.6) is 11.5 Å². The van der Waals surface area contributed by atoms with E-state index in [-0.39, 0.29) is 11.5 Å². The van der Waals surface area contributed by atoms with E-state index >= 15 is 0 Å². The van der Waals surface area contributed by atoms with Crippen LogP contribution in [0.25, 0.3) is 22.3 Å². The van der Waals surface area contributed by atoms with Gasteiger partial charge in [-0.3, -0.25) is 9.78 Å². The van der Waals surface area contributed by atoms with Crippen LogP contribution in [0.2, 0.25) is 0 Å². The molecule has 1 heterocycles. The van der Waals surface area contributed by atoms with E-state index in [0.29, 0.717) is 11.3 Å². The third kappa shape index (κ3) is 2.99. The summed E-state index contributed by atoms with van der Waals surface area (Å²) < 4.78 is 4.91. The van der Waals surface area contributed by atoms with Crippen molar-refractivity contribution in [1.29, 1.82) is 0 Å². The molecule has 0 spiro atoms. The largest absolute Gasteiger partial charge is 0.504 e. The van der Waals surface area contributed by atoms with Crippen LogP contribution in [0.15, 0.2) is 36.5 Å². The summed E-state index contributed by atoms with van der Waals surface area (Å²) in [5, 5.41) is 9.97. The Morgan fingerprint density at radius 2 is 1.78 bits per heavy atom. The van der Waals surface area contributed by atoms with Crippen LogP contribution in [0.1, 0.15) is 18.1 Å². The van der Waals surface area contributed by atoms with E-state index in [1.807, 2.05) is 26.0 Å². The highest BCUT2D eigenvalue weighted by Gasteiger charge is 2.10. The average molecular weight is 308 g/mol. The van der Waals surface area contributed by atoms with Crippen LogP contribution < -0.4 is 4.74 Å². The Morgan fingerprint density at radius 1 is 1.09 bits per heavy atom. The molecule has 0 saturated heterocycles. The third-order valence-corrected chi connectivity index (χ3v) is 3.67. The molecule has 2 aromatic carbocycles. The van der Waals surface area contributed by atoms with Crippen molar-refractivity contribution < 1.29 is 14.6 Å². The number of benzene rings is 2. The predicted octanol–water partition coefficient (Wildman–Crippen LogP) is 3.54. The topological polar surface area (TPSA) is 72.3 Å². The maximum absolute atomic E-state index is 11.0. The number of aromatic hydroxyl groups is 1. The number of carbonyl (C=O) groups excluding carboxylic acids is 1. The number of phenolic OH excluding ortho intramolecular Hbond substituents is 1. The van der Waals surface area contributed by atoms with Crippen molar-refractivity contribution in [3.8, 4) is 22.8 Å². The number of carbonyl (C=O) groups is 1. The first-order valence-corrected chi connectivity index (χ1v) is 7.20. The van der Waals surface area contributed by atoms with Gasteiger partial charge in [-0.25, -0.2) is 4.98 Å². The van der Waals surface area contributed by atoms with Crippen molar-refractivity contribution >= 4 is 17.0 Å². The highest BCUT2D eigenvalue weighted by atomic mass is 16.5. The highest BCUT2D eigenvalue weighted by molar-refractivity contribution is 5.79. The fourth-order valence-corrected chi connectivity index (χ4v) is 2.32. The number of ether oxygens (including phenoxy) is 1. The molecular weight excluding hydrogens is 292 g/mol. The summed E-state index contributed by atoms with van der Waals surface area (Å²) in [6, 6.07) is 8.78. The van der Waals surface area contributed by atoms with Gasteiger partial charge < -0.3 is 9.84 Å². The lowest BCUT2D eigenvalue weighted by atomic mass is 10.1. The second-order valence-corrected chi connectivity index (χ2v) is 5.46. The lowest BCUT2D eigenvalue weighted by Gasteiger charge is -2.08. The minimum Gasteiger partial charge on any atom is -0.504 e. The first-order valence-electron chi connectivity index (χ1n) is 7.20. The van der Waals surface area contributed by atoms with Crippen molar-refractivity contribution in [2.75, 3.05) is 0 Å². The molecule has 1 N–H and O–H groups in total. The normalized spacial score (nSPS) is 10.7. The molecule has 0 amide bonds. The molecule has 0 radical (unpaired) electrons. The minimum atomic E-state index is -0.482. The molecule has 1 aromatic heterocycles. The molecule has 0 fully saturated rings. The monoisotopic (exact) mass is 308 g/mol. The number of hydrogen-bond donors (Lipinski definition) is 1. The Labute approximate surface area is 133 Å². The van der Waals surface area contributed by atoms with Gasteiger partial charge in [0.05, 0.1) is 22.9 Å². The van der Waals surface area contributed by atoms with Gasteiger partial charge in [0.25, 0.3) is 0 Å². The van der Waals surface area contributed by atoms with E-state index in [2.05, 4.69) is 9.97 Å². The molecule has 116 valence electrons. The number of esters is 1. The van der Waals surface area contributed by atoms with Crippen LogP contribution in [-0.2, 0) is 4.79 Å². The summed E-state index contributed by atoms with van der Waals surface area (Å²) in [4.78, 5) is 20.0. The van der Waals surface area contributed by atoms with Gasteiger partial charge in [0.1, 0.15) is 0 Å². The Balaban J connectivity index is 2.04. The summed E-state index contributed by atoms with van der Waals surface area (Å²) in [6.07, 6.45) is 1.66. The quantitative estimate of drug-likeness (QED) is 0.579. The summed E-state index contributed by atoms with van der Waals surface area (Å²) in [5.41, 5.74) is 5.29. The van der Waals surface area contributed by atoms with E-state index in [9.17, 15) is 9.90 Å². The molecule has 3 rings (SSSR count). The van der Waals surface area contributed by atoms with E-state index in [1.165, 1.54) is 18.6 Å². The van der Waals surface area contributed by atoms with Gasteiger partial charge in [-0.1, -0.05) is 0 Å². The molecule has 0 bridgehead atoms. The summed E-state index contributed by atoms with van der Waals surface area (Å²) >= 11 is 0. The molecule has 0 atom stereocenters. The Morgan fingerprint density at radius 3 is 2.43 bits per heavy atom. The van der Waals surface area contributed by atoms with Crippen LogP contribution in [0.4, 0.5) is 0 Å². The number of aromatic nitrogens is 2. The van der Waals surface area contributed by atoms with Crippen LogP contribution in [0, 0.1) is 13.8 Å². The number of hydrogen-bond acceptors (Lipinski definition) is 5. The van der Waals surface area contributed by atoms with Gasteiger partial charge in [0.15, 0.2) is 11.5 Å². The van der Waals surface area contributed by atoms with Crippen molar-refractivity contribution in [3.05, 3.63) is 47.7 Å². The Hall–Kier alpha value is -2.95. The zero-order chi connectivity index (χ0) is 16.6. The molecule has 0 saturated carbocycles. The maximum Gasteiger partial charge on any atom is 0.308 e. The molecule has 23 heavy (non-hydrogen) atoms. The minimum absolute atomic E-state index is 0.111. The van der Waals surface area contributed by atoms with E-state index in [1.54, 1.807) is 18.3 Å². The lowest BCUT2D eigenvalue weighted by Crippen LogP contribution is -2.01. The van der Waals surface area contributed by atoms with E-state index in [4.69, 9.17) is 4.74 Å². The Bertz CT molecular complexity index is 920. The highest BCUT2D eigenvalue weighted by Crippen LogP contribution is 2.31. The van der Waals surface area contributed by atoms with Gasteiger partial charge in [-0.2, -0.15) is 0 Å². The van der Waals surface area contributed by atoms with Crippen LogP contribution in [-0.4, -0.2) is 21.0 Å². The van der Waals surface area contributed by atoms with Crippen molar-refractivity contribution in [2.24, 2.45) is 0 Å². The van der Waals surface area contributed by atoms with Gasteiger partial charge in [0, 0.05) is 12.5 Å². The van der Waals surface area contributed by atoms with Crippen molar-refractivity contribution in [3.63, 3.8) is 0 Å². The number of nitrogens with zero attached hydrogens (tertiary/aromatic N) is 2. The van der Waals surface area contributed by atoms with Crippen molar-refractivity contribution in [1.82, 2.24) is 9.97 Å². The zero-order valence-corrected chi connectivity index (χ0v) is 13.1. The molecule has 0 unspecified atom stereocenters. The molecule has 0 aliphatic rings. The van der Waals surface area contributed by atoms with Gasteiger partial charge in [0.2, 0.25) is 0 Å². The molecule has 5 nitrogen and oxygen atoms in total. The summed E-state index contributed by atoms with van der Waals surface area (Å²) in [6.45, 7) is 5.35. The smallest absolute Gasteiger partial charge is 0.308 e. The van der Waals surface area contributed by atoms with Crippen molar-refractivity contribution in [2.45, 2.75) is 20.8 Å². The third-order valence-electron chi connectivity index (χ3n) is 3.67. The van der Waals surface area contributed by atoms with E-state index < -0.39 is 5.97 Å². The summed E-state index contributed by atoms with van der Waals surface area (Å²) in [5.74, 6) is -0.467. The molecule has 5 heteroatoms. The first-order chi connectivity index (χ1) is 10.9. The van der Waals surface area contributed by atoms with Crippen LogP contribution in [0.3, 0.4) is 0 Å². The molecule has 0 aliphatic carbocycles. The zero-order valence-electron chi connectivity index (χ0n) is 13.1. The molecule has 0 aliphatic heterocycles. The van der Waals surface area contributed by atoms with Crippen LogP contribution >= 0.6 is 0 Å². The van der Waals surface area contributed by atoms with E-state index in [0.717, 1.165) is 16.6 Å². The fourth-order valence-electron chi connectivity index (χ4n) is 2.32. The van der Waals surface area contributed by atoms with Gasteiger partial charge >= 0.3 is 5.97 Å². The first kappa shape index (κ1) is 15.0. The van der Waals surface area contributed by atoms with Gasteiger partial charge in [-0.15, -0.1) is 0 Å². The summed E-state index contributed by atoms with van der Waals surface area (Å²) in [7, 11) is 0. The second kappa shape index (κ2) is 5.68. The SMILES string of the molecule is CC(=O)Oc1ccc(-c2cnc3cc(C)c(C)cc3n2)cc1O. The van der Waals surface area contributed by atoms with Gasteiger partial charge in [-0.05, 0) is 55.3 Å². The average Bonchev–Trinajstić information content (AvgIpc) is 2.49. The number of phenols is 1. The Kier molecular flexibility index (Phi) is 3.70.